The number of hydrogen-bond acceptors (Lipinski definition) is 1. The van der Waals surface area contributed by atoms with Crippen LogP contribution in [0, 0.1) is 11.6 Å². The maximum absolute atomic E-state index is 13.6. The summed E-state index contributed by atoms with van der Waals surface area (Å²) in [5.74, 6) is -2.06. The van der Waals surface area contributed by atoms with Crippen molar-refractivity contribution in [3.8, 4) is 0 Å². The highest BCUT2D eigenvalue weighted by molar-refractivity contribution is 6.30. The molecule has 0 heterocycles. The third-order valence-electron chi connectivity index (χ3n) is 3.11. The van der Waals surface area contributed by atoms with Gasteiger partial charge >= 0.3 is 0 Å². The van der Waals surface area contributed by atoms with Gasteiger partial charge in [0.25, 0.3) is 0 Å². The summed E-state index contributed by atoms with van der Waals surface area (Å²) in [4.78, 5) is 12.0. The second-order valence-corrected chi connectivity index (χ2v) is 4.92. The molecular weight excluding hydrogens is 282 g/mol. The second-order valence-electron chi connectivity index (χ2n) is 4.52. The van der Waals surface area contributed by atoms with Crippen molar-refractivity contribution in [2.45, 2.75) is 19.8 Å². The van der Waals surface area contributed by atoms with Gasteiger partial charge in [0.2, 0.25) is 0 Å². The first kappa shape index (κ1) is 14.7. The fourth-order valence-electron chi connectivity index (χ4n) is 1.91. The Balaban J connectivity index is 2.21. The average Bonchev–Trinajstić information content (AvgIpc) is 2.43. The van der Waals surface area contributed by atoms with Crippen LogP contribution in [0.3, 0.4) is 0 Å². The van der Waals surface area contributed by atoms with Gasteiger partial charge in [-0.1, -0.05) is 42.8 Å². The van der Waals surface area contributed by atoms with Gasteiger partial charge in [-0.3, -0.25) is 4.79 Å². The van der Waals surface area contributed by atoms with Gasteiger partial charge < -0.3 is 0 Å². The first-order valence-electron chi connectivity index (χ1n) is 6.26. The zero-order valence-corrected chi connectivity index (χ0v) is 11.7. The largest absolute Gasteiger partial charge is 0.294 e. The molecule has 0 atom stereocenters. The number of halogens is 3. The van der Waals surface area contributed by atoms with Crippen LogP contribution in [0.2, 0.25) is 5.02 Å². The van der Waals surface area contributed by atoms with Crippen LogP contribution in [0.1, 0.15) is 28.4 Å². The summed E-state index contributed by atoms with van der Waals surface area (Å²) in [5.41, 5.74) is 1.65. The summed E-state index contributed by atoms with van der Waals surface area (Å²) in [7, 11) is 0. The first-order valence-corrected chi connectivity index (χ1v) is 6.64. The Morgan fingerprint density at radius 2 is 1.65 bits per heavy atom. The summed E-state index contributed by atoms with van der Waals surface area (Å²) in [5, 5.41) is -0.327. The van der Waals surface area contributed by atoms with Crippen LogP contribution in [-0.2, 0) is 12.8 Å². The highest BCUT2D eigenvalue weighted by Gasteiger charge is 2.15. The number of carbonyl (C=O) groups is 1. The van der Waals surface area contributed by atoms with Gasteiger partial charge in [-0.05, 0) is 29.7 Å². The van der Waals surface area contributed by atoms with E-state index in [1.807, 2.05) is 31.2 Å². The molecule has 0 aliphatic heterocycles. The Morgan fingerprint density at radius 3 is 2.25 bits per heavy atom. The second kappa shape index (κ2) is 6.14. The van der Waals surface area contributed by atoms with E-state index in [0.717, 1.165) is 29.7 Å². The Hall–Kier alpha value is -1.74. The molecule has 4 heteroatoms. The molecule has 2 aromatic carbocycles. The molecule has 0 aromatic heterocycles. The van der Waals surface area contributed by atoms with Crippen LogP contribution < -0.4 is 0 Å². The number of benzene rings is 2. The van der Waals surface area contributed by atoms with Crippen LogP contribution >= 0.6 is 11.6 Å². The Morgan fingerprint density at radius 1 is 1.05 bits per heavy atom. The molecule has 2 rings (SSSR count). The van der Waals surface area contributed by atoms with Crippen LogP contribution in [0.4, 0.5) is 8.78 Å². The van der Waals surface area contributed by atoms with E-state index < -0.39 is 17.4 Å². The van der Waals surface area contributed by atoms with Gasteiger partial charge in [0.05, 0.1) is 10.6 Å². The van der Waals surface area contributed by atoms with Gasteiger partial charge in [0, 0.05) is 6.42 Å². The van der Waals surface area contributed by atoms with E-state index in [4.69, 9.17) is 11.6 Å². The Labute approximate surface area is 121 Å². The Kier molecular flexibility index (Phi) is 4.50. The van der Waals surface area contributed by atoms with E-state index in [-0.39, 0.29) is 17.0 Å². The highest BCUT2D eigenvalue weighted by atomic mass is 35.5. The lowest BCUT2D eigenvalue weighted by molar-refractivity contribution is 0.0988. The minimum absolute atomic E-state index is 0.0297. The van der Waals surface area contributed by atoms with Crippen molar-refractivity contribution in [1.29, 1.82) is 0 Å². The van der Waals surface area contributed by atoms with E-state index in [2.05, 4.69) is 0 Å². The molecule has 0 N–H and O–H groups in total. The van der Waals surface area contributed by atoms with Crippen molar-refractivity contribution in [3.63, 3.8) is 0 Å². The fraction of sp³-hybridized carbons (Fsp3) is 0.188. The average molecular weight is 295 g/mol. The fourth-order valence-corrected chi connectivity index (χ4v) is 2.06. The third-order valence-corrected chi connectivity index (χ3v) is 3.40. The lowest BCUT2D eigenvalue weighted by Gasteiger charge is -2.05. The summed E-state index contributed by atoms with van der Waals surface area (Å²) >= 11 is 5.46. The molecule has 0 spiro atoms. The molecule has 0 saturated heterocycles. The van der Waals surface area contributed by atoms with E-state index in [9.17, 15) is 13.6 Å². The lowest BCUT2D eigenvalue weighted by atomic mass is 10.0. The van der Waals surface area contributed by atoms with Crippen LogP contribution in [0.25, 0.3) is 0 Å². The minimum atomic E-state index is -0.799. The van der Waals surface area contributed by atoms with E-state index in [0.29, 0.717) is 0 Å². The van der Waals surface area contributed by atoms with Crippen molar-refractivity contribution >= 4 is 17.4 Å². The predicted molar refractivity (Wildman–Crippen MR) is 75.2 cm³/mol. The van der Waals surface area contributed by atoms with Gasteiger partial charge in [0.15, 0.2) is 5.78 Å². The molecule has 1 nitrogen and oxygen atoms in total. The number of aryl methyl sites for hydroxylation is 1. The van der Waals surface area contributed by atoms with Crippen molar-refractivity contribution in [2.24, 2.45) is 0 Å². The molecule has 0 amide bonds. The first-order chi connectivity index (χ1) is 9.51. The molecule has 0 bridgehead atoms. The van der Waals surface area contributed by atoms with Crippen molar-refractivity contribution < 1.29 is 13.6 Å². The molecular formula is C16H13ClF2O. The van der Waals surface area contributed by atoms with E-state index in [1.54, 1.807) is 0 Å². The number of ketones is 1. The SMILES string of the molecule is CCc1ccc(CC(=O)c2cc(F)c(Cl)cc2F)cc1. The molecule has 0 aliphatic carbocycles. The van der Waals surface area contributed by atoms with Crippen molar-refractivity contribution in [3.05, 3.63) is 69.7 Å². The maximum Gasteiger partial charge on any atom is 0.170 e. The lowest BCUT2D eigenvalue weighted by Crippen LogP contribution is -2.07. The zero-order valence-electron chi connectivity index (χ0n) is 10.9. The van der Waals surface area contributed by atoms with Crippen molar-refractivity contribution in [2.75, 3.05) is 0 Å². The van der Waals surface area contributed by atoms with E-state index >= 15 is 0 Å². The standard InChI is InChI=1S/C16H13ClF2O/c1-2-10-3-5-11(6-4-10)7-16(20)12-8-15(19)13(17)9-14(12)18/h3-6,8-9H,2,7H2,1H3. The molecule has 104 valence electrons. The topological polar surface area (TPSA) is 17.1 Å². The normalized spacial score (nSPS) is 10.6. The highest BCUT2D eigenvalue weighted by Crippen LogP contribution is 2.20. The van der Waals surface area contributed by atoms with Gasteiger partial charge in [-0.15, -0.1) is 0 Å². The molecule has 0 radical (unpaired) electrons. The van der Waals surface area contributed by atoms with Crippen molar-refractivity contribution in [1.82, 2.24) is 0 Å². The quantitative estimate of drug-likeness (QED) is 0.594. The Bertz CT molecular complexity index is 636. The van der Waals surface area contributed by atoms with Gasteiger partial charge in [-0.2, -0.15) is 0 Å². The minimum Gasteiger partial charge on any atom is -0.294 e. The smallest absolute Gasteiger partial charge is 0.170 e. The van der Waals surface area contributed by atoms with Crippen LogP contribution in [0.15, 0.2) is 36.4 Å². The van der Waals surface area contributed by atoms with E-state index in [1.165, 1.54) is 0 Å². The number of hydrogen-bond donors (Lipinski definition) is 0. The number of carbonyl (C=O) groups excluding carboxylic acids is 1. The van der Waals surface area contributed by atoms with Gasteiger partial charge in [-0.25, -0.2) is 8.78 Å². The molecule has 0 fully saturated rings. The monoisotopic (exact) mass is 294 g/mol. The molecule has 0 saturated carbocycles. The predicted octanol–water partition coefficient (Wildman–Crippen LogP) is 4.61. The third kappa shape index (κ3) is 3.23. The summed E-state index contributed by atoms with van der Waals surface area (Å²) in [6, 6.07) is 9.15. The van der Waals surface area contributed by atoms with Crippen LogP contribution in [0.5, 0.6) is 0 Å². The molecule has 0 unspecified atom stereocenters. The molecule has 2 aromatic rings. The summed E-state index contributed by atoms with van der Waals surface area (Å²) in [6.45, 7) is 2.03. The maximum atomic E-state index is 13.6. The van der Waals surface area contributed by atoms with Gasteiger partial charge in [0.1, 0.15) is 11.6 Å². The summed E-state index contributed by atoms with van der Waals surface area (Å²) < 4.78 is 26.9. The number of rotatable bonds is 4. The van der Waals surface area contributed by atoms with Crippen LogP contribution in [-0.4, -0.2) is 5.78 Å². The number of Topliss-reactive ketones (excluding diaryl/α,β-unsaturated/α-hetero) is 1. The summed E-state index contributed by atoms with van der Waals surface area (Å²) in [6.07, 6.45) is 0.938. The molecule has 0 aliphatic rings. The zero-order chi connectivity index (χ0) is 14.7. The molecule has 20 heavy (non-hydrogen) atoms.